The van der Waals surface area contributed by atoms with Crippen molar-refractivity contribution in [1.82, 2.24) is 20.4 Å². The molecule has 0 bridgehead atoms. The minimum Gasteiger partial charge on any atom is -0.618 e. The van der Waals surface area contributed by atoms with Crippen molar-refractivity contribution in [1.29, 1.82) is 0 Å². The SMILES string of the molecule is COCC1=C(C)C(c2ccc(F)c(F)c2)N(C(=O)NCCCN2CCC(c3cccc[n+]3[O-])CC2)C(=O)N1. The molecule has 0 radical (unpaired) electrons. The number of imide groups is 1. The molecule has 1 saturated heterocycles. The third-order valence-electron chi connectivity index (χ3n) is 7.18. The molecule has 1 aromatic carbocycles. The zero-order chi connectivity index (χ0) is 27.2. The van der Waals surface area contributed by atoms with Crippen LogP contribution in [-0.2, 0) is 4.74 Å². The van der Waals surface area contributed by atoms with Gasteiger partial charge in [-0.2, -0.15) is 4.73 Å². The maximum atomic E-state index is 14.0. The number of benzene rings is 1. The molecule has 38 heavy (non-hydrogen) atoms. The fourth-order valence-electron chi connectivity index (χ4n) is 5.14. The van der Waals surface area contributed by atoms with Crippen LogP contribution in [0.3, 0.4) is 0 Å². The second kappa shape index (κ2) is 12.3. The molecule has 2 N–H and O–H groups in total. The summed E-state index contributed by atoms with van der Waals surface area (Å²) in [4.78, 5) is 29.3. The van der Waals surface area contributed by atoms with Crippen LogP contribution in [0, 0.1) is 16.8 Å². The Bertz CT molecular complexity index is 1200. The number of hydrogen-bond donors (Lipinski definition) is 2. The van der Waals surface area contributed by atoms with E-state index in [-0.39, 0.29) is 18.1 Å². The number of halogens is 2. The summed E-state index contributed by atoms with van der Waals surface area (Å²) in [6, 6.07) is 6.62. The van der Waals surface area contributed by atoms with Crippen molar-refractivity contribution < 1.29 is 27.8 Å². The van der Waals surface area contributed by atoms with Gasteiger partial charge in [0.05, 0.1) is 12.6 Å². The maximum absolute atomic E-state index is 14.0. The molecule has 2 aliphatic rings. The fourth-order valence-corrected chi connectivity index (χ4v) is 5.14. The van der Waals surface area contributed by atoms with Crippen LogP contribution in [0.4, 0.5) is 18.4 Å². The molecule has 4 rings (SSSR count). The van der Waals surface area contributed by atoms with Crippen molar-refractivity contribution in [2.45, 2.75) is 38.1 Å². The van der Waals surface area contributed by atoms with Crippen molar-refractivity contribution in [3.8, 4) is 0 Å². The van der Waals surface area contributed by atoms with E-state index in [1.165, 1.54) is 19.4 Å². The van der Waals surface area contributed by atoms with Crippen LogP contribution in [0.1, 0.15) is 49.4 Å². The lowest BCUT2D eigenvalue weighted by Crippen LogP contribution is -2.54. The third-order valence-corrected chi connectivity index (χ3v) is 7.18. The van der Waals surface area contributed by atoms with Crippen molar-refractivity contribution in [2.75, 3.05) is 39.9 Å². The molecule has 0 spiro atoms. The smallest absolute Gasteiger partial charge is 0.330 e. The van der Waals surface area contributed by atoms with E-state index in [0.29, 0.717) is 24.2 Å². The molecule has 9 nitrogen and oxygen atoms in total. The number of nitrogens with one attached hydrogen (secondary N) is 2. The Labute approximate surface area is 220 Å². The predicted molar refractivity (Wildman–Crippen MR) is 136 cm³/mol. The van der Waals surface area contributed by atoms with Gasteiger partial charge in [-0.25, -0.2) is 23.3 Å². The number of ether oxygens (including phenoxy) is 1. The zero-order valence-electron chi connectivity index (χ0n) is 21.6. The van der Waals surface area contributed by atoms with Gasteiger partial charge in [-0.3, -0.25) is 0 Å². The van der Waals surface area contributed by atoms with E-state index in [9.17, 15) is 23.6 Å². The molecule has 4 amide bonds. The van der Waals surface area contributed by atoms with E-state index < -0.39 is 29.7 Å². The third kappa shape index (κ3) is 6.11. The minimum absolute atomic E-state index is 0.100. The average Bonchev–Trinajstić information content (AvgIpc) is 2.91. The number of rotatable bonds is 8. The zero-order valence-corrected chi connectivity index (χ0v) is 21.6. The van der Waals surface area contributed by atoms with Crippen molar-refractivity contribution in [3.05, 3.63) is 82.0 Å². The predicted octanol–water partition coefficient (Wildman–Crippen LogP) is 3.56. The van der Waals surface area contributed by atoms with Gasteiger partial charge in [-0.15, -0.1) is 0 Å². The van der Waals surface area contributed by atoms with Crippen LogP contribution in [0.2, 0.25) is 0 Å². The van der Waals surface area contributed by atoms with Gasteiger partial charge in [0.25, 0.3) is 0 Å². The lowest BCUT2D eigenvalue weighted by molar-refractivity contribution is -0.616. The fraction of sp³-hybridized carbons (Fsp3) is 0.444. The summed E-state index contributed by atoms with van der Waals surface area (Å²) in [5.41, 5.74) is 2.14. The van der Waals surface area contributed by atoms with Crippen LogP contribution < -0.4 is 15.4 Å². The normalized spacial score (nSPS) is 19.0. The lowest BCUT2D eigenvalue weighted by atomic mass is 9.93. The van der Waals surface area contributed by atoms with Gasteiger partial charge >= 0.3 is 12.1 Å². The first kappa shape index (κ1) is 27.5. The molecule has 0 saturated carbocycles. The summed E-state index contributed by atoms with van der Waals surface area (Å²) in [6.45, 7) is 4.62. The Kier molecular flexibility index (Phi) is 8.90. The molecular weight excluding hydrogens is 496 g/mol. The molecular formula is C27H33F2N5O4. The molecule has 2 aliphatic heterocycles. The summed E-state index contributed by atoms with van der Waals surface area (Å²) in [5.74, 6) is -1.84. The van der Waals surface area contributed by atoms with E-state index in [4.69, 9.17) is 4.74 Å². The van der Waals surface area contributed by atoms with E-state index >= 15 is 0 Å². The van der Waals surface area contributed by atoms with Gasteiger partial charge in [-0.1, -0.05) is 12.1 Å². The number of piperidine rings is 1. The van der Waals surface area contributed by atoms with Crippen LogP contribution in [0.5, 0.6) is 0 Å². The van der Waals surface area contributed by atoms with Gasteiger partial charge in [0.1, 0.15) is 0 Å². The average molecular weight is 530 g/mol. The first-order valence-electron chi connectivity index (χ1n) is 12.7. The monoisotopic (exact) mass is 529 g/mol. The highest BCUT2D eigenvalue weighted by molar-refractivity contribution is 5.96. The number of carbonyl (C=O) groups excluding carboxylic acids is 2. The number of amides is 4. The first-order valence-corrected chi connectivity index (χ1v) is 12.7. The van der Waals surface area contributed by atoms with E-state index in [2.05, 4.69) is 15.5 Å². The van der Waals surface area contributed by atoms with Crippen LogP contribution in [0.15, 0.2) is 53.9 Å². The number of urea groups is 2. The Balaban J connectivity index is 1.34. The summed E-state index contributed by atoms with van der Waals surface area (Å²) < 4.78 is 33.7. The summed E-state index contributed by atoms with van der Waals surface area (Å²) in [7, 11) is 1.47. The highest BCUT2D eigenvalue weighted by atomic mass is 19.2. The number of hydrogen-bond acceptors (Lipinski definition) is 5. The van der Waals surface area contributed by atoms with Gasteiger partial charge in [-0.05, 0) is 69.1 Å². The number of methoxy groups -OCH3 is 1. The van der Waals surface area contributed by atoms with Gasteiger partial charge in [0.15, 0.2) is 23.5 Å². The number of carbonyl (C=O) groups is 2. The van der Waals surface area contributed by atoms with E-state index in [1.807, 2.05) is 12.1 Å². The largest absolute Gasteiger partial charge is 0.618 e. The summed E-state index contributed by atoms with van der Waals surface area (Å²) in [5, 5.41) is 17.5. The van der Waals surface area contributed by atoms with E-state index in [0.717, 1.165) is 59.9 Å². The molecule has 1 atom stereocenters. The number of pyridine rings is 1. The molecule has 11 heteroatoms. The van der Waals surface area contributed by atoms with Crippen LogP contribution in [-0.4, -0.2) is 61.8 Å². The Morgan fingerprint density at radius 2 is 1.97 bits per heavy atom. The topological polar surface area (TPSA) is 101 Å². The van der Waals surface area contributed by atoms with Gasteiger partial charge < -0.3 is 25.5 Å². The van der Waals surface area contributed by atoms with Crippen LogP contribution in [0.25, 0.3) is 0 Å². The van der Waals surface area contributed by atoms with Crippen molar-refractivity contribution in [3.63, 3.8) is 0 Å². The van der Waals surface area contributed by atoms with Crippen molar-refractivity contribution >= 4 is 12.1 Å². The van der Waals surface area contributed by atoms with Crippen LogP contribution >= 0.6 is 0 Å². The Hall–Kier alpha value is -3.57. The molecule has 3 heterocycles. The van der Waals surface area contributed by atoms with Crippen molar-refractivity contribution in [2.24, 2.45) is 0 Å². The summed E-state index contributed by atoms with van der Waals surface area (Å²) >= 11 is 0. The van der Waals surface area contributed by atoms with Gasteiger partial charge in [0.2, 0.25) is 0 Å². The Morgan fingerprint density at radius 1 is 1.21 bits per heavy atom. The molecule has 2 aromatic rings. The first-order chi connectivity index (χ1) is 18.3. The van der Waals surface area contributed by atoms with E-state index in [1.54, 1.807) is 13.0 Å². The number of likely N-dealkylation sites (tertiary alicyclic amines) is 1. The maximum Gasteiger partial charge on any atom is 0.330 e. The summed E-state index contributed by atoms with van der Waals surface area (Å²) in [6.07, 6.45) is 3.97. The molecule has 0 aliphatic carbocycles. The highest BCUT2D eigenvalue weighted by Crippen LogP contribution is 2.34. The lowest BCUT2D eigenvalue weighted by Gasteiger charge is -2.37. The highest BCUT2D eigenvalue weighted by Gasteiger charge is 2.38. The molecule has 204 valence electrons. The van der Waals surface area contributed by atoms with Gasteiger partial charge in [0, 0.05) is 37.4 Å². The standard InChI is InChI=1S/C27H33F2N5O4/c1-18-23(17-38-2)31-27(36)34(25(18)20-7-8-21(28)22(29)16-20)26(35)30-11-5-12-32-14-9-19(10-15-32)24-6-3-4-13-33(24)37/h3-4,6-8,13,16,19,25H,5,9-12,14-15,17H2,1-2H3,(H,30,35)(H,31,36). The number of nitrogens with zero attached hydrogens (tertiary/aromatic N) is 3. The number of aromatic nitrogens is 1. The minimum atomic E-state index is -1.06. The quantitative estimate of drug-likeness (QED) is 0.309. The second-order valence-corrected chi connectivity index (χ2v) is 9.62. The Morgan fingerprint density at radius 3 is 2.66 bits per heavy atom. The molecule has 1 aromatic heterocycles. The molecule has 1 unspecified atom stereocenters. The molecule has 1 fully saturated rings. The second-order valence-electron chi connectivity index (χ2n) is 9.62.